The molecule has 0 aliphatic rings. The van der Waals surface area contributed by atoms with Crippen molar-refractivity contribution in [1.29, 1.82) is 0 Å². The second-order valence-corrected chi connectivity index (χ2v) is 13.5. The lowest BCUT2D eigenvalue weighted by Gasteiger charge is -2.08. The Morgan fingerprint density at radius 2 is 1.16 bits per heavy atom. The summed E-state index contributed by atoms with van der Waals surface area (Å²) in [7, 11) is 0. The molecule has 0 amide bonds. The Morgan fingerprint density at radius 3 is 1.70 bits per heavy atom. The fraction of sp³-hybridized carbons (Fsp3) is 0.484. The number of hydrogen-bond donors (Lipinski definition) is 0. The molecule has 4 rings (SSSR count). The SMILES string of the molecule is CCCCCCCCCCCc1ncc(-c2cc3cc(Cl)c(-c4cnc(CC(C)C)s4)cc3cc2Cl)s1. The molecule has 0 aliphatic carbocycles. The van der Waals surface area contributed by atoms with Crippen LogP contribution < -0.4 is 0 Å². The molecule has 0 saturated heterocycles. The molecule has 2 heterocycles. The fourth-order valence-electron chi connectivity index (χ4n) is 4.69. The molecule has 0 N–H and O–H groups in total. The molecule has 0 radical (unpaired) electrons. The summed E-state index contributed by atoms with van der Waals surface area (Å²) in [4.78, 5) is 11.5. The van der Waals surface area contributed by atoms with Gasteiger partial charge in [0.15, 0.2) is 0 Å². The quantitative estimate of drug-likeness (QED) is 0.140. The topological polar surface area (TPSA) is 25.8 Å². The zero-order valence-corrected chi connectivity index (χ0v) is 25.4. The highest BCUT2D eigenvalue weighted by Gasteiger charge is 2.14. The van der Waals surface area contributed by atoms with E-state index in [1.807, 2.05) is 12.4 Å². The number of thiazole rings is 2. The number of rotatable bonds is 14. The summed E-state index contributed by atoms with van der Waals surface area (Å²) < 4.78 is 0. The fourth-order valence-corrected chi connectivity index (χ4v) is 7.50. The van der Waals surface area contributed by atoms with Crippen LogP contribution in [0, 0.1) is 5.92 Å². The van der Waals surface area contributed by atoms with Crippen LogP contribution in [0.15, 0.2) is 36.7 Å². The molecular formula is C31H38Cl2N2S2. The number of benzene rings is 2. The Kier molecular flexibility index (Phi) is 10.9. The second-order valence-electron chi connectivity index (χ2n) is 10.4. The van der Waals surface area contributed by atoms with E-state index in [0.717, 1.165) is 59.5 Å². The van der Waals surface area contributed by atoms with Gasteiger partial charge in [-0.15, -0.1) is 22.7 Å². The van der Waals surface area contributed by atoms with E-state index < -0.39 is 0 Å². The van der Waals surface area contributed by atoms with E-state index in [1.165, 1.54) is 62.8 Å². The summed E-state index contributed by atoms with van der Waals surface area (Å²) in [5, 5.41) is 6.03. The average molecular weight is 574 g/mol. The monoisotopic (exact) mass is 572 g/mol. The van der Waals surface area contributed by atoms with Gasteiger partial charge in [0, 0.05) is 40.0 Å². The number of aromatic nitrogens is 2. The predicted octanol–water partition coefficient (Wildman–Crippen LogP) is 11.7. The van der Waals surface area contributed by atoms with Gasteiger partial charge in [-0.3, -0.25) is 0 Å². The molecule has 2 aromatic carbocycles. The highest BCUT2D eigenvalue weighted by atomic mass is 35.5. The predicted molar refractivity (Wildman–Crippen MR) is 166 cm³/mol. The van der Waals surface area contributed by atoms with Crippen molar-refractivity contribution in [2.75, 3.05) is 0 Å². The van der Waals surface area contributed by atoms with E-state index in [9.17, 15) is 0 Å². The third-order valence-corrected chi connectivity index (χ3v) is 9.50. The van der Waals surface area contributed by atoms with Gasteiger partial charge in [0.25, 0.3) is 0 Å². The molecule has 4 aromatic rings. The summed E-state index contributed by atoms with van der Waals surface area (Å²) >= 11 is 17.0. The Labute approximate surface area is 240 Å². The number of aryl methyl sites for hydroxylation is 1. The van der Waals surface area contributed by atoms with Gasteiger partial charge >= 0.3 is 0 Å². The van der Waals surface area contributed by atoms with Crippen LogP contribution in [0.4, 0.5) is 0 Å². The van der Waals surface area contributed by atoms with Gasteiger partial charge in [-0.25, -0.2) is 9.97 Å². The summed E-state index contributed by atoms with van der Waals surface area (Å²) in [6.45, 7) is 6.70. The van der Waals surface area contributed by atoms with Crippen LogP contribution in [0.5, 0.6) is 0 Å². The van der Waals surface area contributed by atoms with Gasteiger partial charge in [0.2, 0.25) is 0 Å². The van der Waals surface area contributed by atoms with Gasteiger partial charge < -0.3 is 0 Å². The number of unbranched alkanes of at least 4 members (excludes halogenated alkanes) is 8. The summed E-state index contributed by atoms with van der Waals surface area (Å²) in [6, 6.07) is 8.40. The van der Waals surface area contributed by atoms with Crippen LogP contribution in [0.1, 0.15) is 88.6 Å². The van der Waals surface area contributed by atoms with Crippen molar-refractivity contribution < 1.29 is 0 Å². The molecule has 0 fully saturated rings. The van der Waals surface area contributed by atoms with Crippen molar-refractivity contribution in [2.24, 2.45) is 5.92 Å². The Bertz CT molecular complexity index is 1290. The molecule has 2 nitrogen and oxygen atoms in total. The maximum Gasteiger partial charge on any atom is 0.0933 e. The van der Waals surface area contributed by atoms with Crippen LogP contribution in [-0.4, -0.2) is 9.97 Å². The third kappa shape index (κ3) is 8.02. The molecule has 0 saturated carbocycles. The summed E-state index contributed by atoms with van der Waals surface area (Å²) in [6.07, 6.45) is 18.0. The van der Waals surface area contributed by atoms with Crippen LogP contribution in [-0.2, 0) is 12.8 Å². The van der Waals surface area contributed by atoms with Gasteiger partial charge in [-0.2, -0.15) is 0 Å². The molecular weight excluding hydrogens is 535 g/mol. The number of hydrogen-bond acceptors (Lipinski definition) is 4. The van der Waals surface area contributed by atoms with Crippen LogP contribution >= 0.6 is 45.9 Å². The molecule has 0 aliphatic heterocycles. The normalized spacial score (nSPS) is 11.7. The zero-order chi connectivity index (χ0) is 26.2. The largest absolute Gasteiger partial charge is 0.249 e. The first-order chi connectivity index (χ1) is 17.9. The Balaban J connectivity index is 1.40. The molecule has 0 unspecified atom stereocenters. The number of halogens is 2. The highest BCUT2D eigenvalue weighted by molar-refractivity contribution is 7.15. The Morgan fingerprint density at radius 1 is 0.676 bits per heavy atom. The Hall–Kier alpha value is -1.46. The first-order valence-electron chi connectivity index (χ1n) is 13.8. The van der Waals surface area contributed by atoms with Crippen molar-refractivity contribution in [3.8, 4) is 20.9 Å². The maximum atomic E-state index is 6.79. The second kappa shape index (κ2) is 14.1. The third-order valence-electron chi connectivity index (χ3n) is 6.73. The van der Waals surface area contributed by atoms with Crippen molar-refractivity contribution in [2.45, 2.75) is 91.4 Å². The molecule has 0 bridgehead atoms. The van der Waals surface area contributed by atoms with Crippen LogP contribution in [0.25, 0.3) is 31.7 Å². The first kappa shape index (κ1) is 28.5. The maximum absolute atomic E-state index is 6.79. The molecule has 37 heavy (non-hydrogen) atoms. The van der Waals surface area contributed by atoms with Crippen molar-refractivity contribution in [3.05, 3.63) is 56.7 Å². The van der Waals surface area contributed by atoms with E-state index in [1.54, 1.807) is 22.7 Å². The van der Waals surface area contributed by atoms with Crippen LogP contribution in [0.2, 0.25) is 10.0 Å². The minimum Gasteiger partial charge on any atom is -0.249 e. The van der Waals surface area contributed by atoms with Gasteiger partial charge in [-0.05, 0) is 53.8 Å². The van der Waals surface area contributed by atoms with Crippen molar-refractivity contribution >= 4 is 56.6 Å². The van der Waals surface area contributed by atoms with Gasteiger partial charge in [0.05, 0.1) is 19.8 Å². The molecule has 0 atom stereocenters. The van der Waals surface area contributed by atoms with E-state index >= 15 is 0 Å². The average Bonchev–Trinajstić information content (AvgIpc) is 3.52. The zero-order valence-electron chi connectivity index (χ0n) is 22.3. The molecule has 0 spiro atoms. The van der Waals surface area contributed by atoms with Gasteiger partial charge in [-0.1, -0.05) is 95.3 Å². The standard InChI is InChI=1S/C31H38Cl2N2S2/c1-4-5-6-7-8-9-10-11-12-13-30-34-19-28(36-30)24-15-22-18-27(33)25(16-23(22)17-26(24)32)29-20-35-31(37-29)14-21(2)3/h15-21H,4-14H2,1-3H3. The van der Waals surface area contributed by atoms with Crippen molar-refractivity contribution in [3.63, 3.8) is 0 Å². The van der Waals surface area contributed by atoms with Gasteiger partial charge in [0.1, 0.15) is 0 Å². The lowest BCUT2D eigenvalue weighted by atomic mass is 10.0. The lowest BCUT2D eigenvalue weighted by molar-refractivity contribution is 0.564. The first-order valence-corrected chi connectivity index (χ1v) is 16.2. The minimum absolute atomic E-state index is 0.584. The molecule has 6 heteroatoms. The van der Waals surface area contributed by atoms with Crippen molar-refractivity contribution in [1.82, 2.24) is 9.97 Å². The van der Waals surface area contributed by atoms with E-state index in [-0.39, 0.29) is 0 Å². The summed E-state index contributed by atoms with van der Waals surface area (Å²) in [5.74, 6) is 0.584. The number of nitrogens with zero attached hydrogens (tertiary/aromatic N) is 2. The highest BCUT2D eigenvalue weighted by Crippen LogP contribution is 2.40. The van der Waals surface area contributed by atoms with E-state index in [2.05, 4.69) is 50.0 Å². The minimum atomic E-state index is 0.584. The van der Waals surface area contributed by atoms with Crippen LogP contribution in [0.3, 0.4) is 0 Å². The van der Waals surface area contributed by atoms with E-state index in [0.29, 0.717) is 5.92 Å². The smallest absolute Gasteiger partial charge is 0.0933 e. The van der Waals surface area contributed by atoms with E-state index in [4.69, 9.17) is 28.2 Å². The lowest BCUT2D eigenvalue weighted by Crippen LogP contribution is -1.91. The molecule has 2 aromatic heterocycles. The molecule has 198 valence electrons. The number of fused-ring (bicyclic) bond motifs is 1. The summed E-state index contributed by atoms with van der Waals surface area (Å²) in [5.41, 5.74) is 2.05.